The molecule has 2 aromatic heterocycles. The number of carbonyl (C=O) groups excluding carboxylic acids is 2. The molecule has 8 atom stereocenters. The van der Waals surface area contributed by atoms with Crippen molar-refractivity contribution in [2.75, 3.05) is 17.6 Å². The molecular formula is C38H51N7O4S. The Morgan fingerprint density at radius 1 is 1.06 bits per heavy atom. The third-order valence-electron chi connectivity index (χ3n) is 11.4. The highest BCUT2D eigenvalue weighted by Crippen LogP contribution is 2.50. The molecular weight excluding hydrogens is 651 g/mol. The van der Waals surface area contributed by atoms with Gasteiger partial charge in [0.25, 0.3) is 5.56 Å². The molecule has 2 saturated carbocycles. The van der Waals surface area contributed by atoms with E-state index >= 15 is 0 Å². The van der Waals surface area contributed by atoms with Crippen molar-refractivity contribution < 1.29 is 14.3 Å². The molecule has 0 spiro atoms. The van der Waals surface area contributed by atoms with E-state index in [0.717, 1.165) is 73.4 Å². The highest BCUT2D eigenvalue weighted by atomic mass is 32.2. The van der Waals surface area contributed by atoms with Crippen LogP contribution in [-0.2, 0) is 4.79 Å². The number of pyridine rings is 1. The summed E-state index contributed by atoms with van der Waals surface area (Å²) >= 11 is 1.92. The van der Waals surface area contributed by atoms with Crippen molar-refractivity contribution in [3.8, 4) is 5.75 Å². The maximum absolute atomic E-state index is 13.0. The summed E-state index contributed by atoms with van der Waals surface area (Å²) in [6.45, 7) is 4.95. The van der Waals surface area contributed by atoms with Crippen LogP contribution in [0.3, 0.4) is 0 Å². The second-order valence-corrected chi connectivity index (χ2v) is 16.0. The Morgan fingerprint density at radius 2 is 1.92 bits per heavy atom. The van der Waals surface area contributed by atoms with E-state index in [1.165, 1.54) is 19.3 Å². The molecule has 4 N–H and O–H groups in total. The molecule has 8 unspecified atom stereocenters. The van der Waals surface area contributed by atoms with E-state index in [1.807, 2.05) is 46.7 Å². The van der Waals surface area contributed by atoms with Crippen LogP contribution in [0.1, 0.15) is 90.5 Å². The number of hydrogen-bond donors (Lipinski definition) is 4. The number of carbonyl (C=O) groups is 2. The molecule has 7 rings (SSSR count). The van der Waals surface area contributed by atoms with Crippen LogP contribution in [0.25, 0.3) is 11.0 Å². The van der Waals surface area contributed by atoms with Crippen LogP contribution in [0.2, 0.25) is 0 Å². The van der Waals surface area contributed by atoms with Gasteiger partial charge in [0.1, 0.15) is 11.4 Å². The quantitative estimate of drug-likeness (QED) is 0.101. The summed E-state index contributed by atoms with van der Waals surface area (Å²) in [6, 6.07) is 12.0. The van der Waals surface area contributed by atoms with Crippen LogP contribution in [0.15, 0.2) is 47.4 Å². The summed E-state index contributed by atoms with van der Waals surface area (Å²) in [5.41, 5.74) is 1.57. The molecule has 4 heterocycles. The van der Waals surface area contributed by atoms with Crippen LogP contribution < -0.4 is 31.6 Å². The fraction of sp³-hybridized carbons (Fsp3) is 0.605. The van der Waals surface area contributed by atoms with Gasteiger partial charge in [0.05, 0.1) is 18.2 Å². The van der Waals surface area contributed by atoms with Gasteiger partial charge in [-0.05, 0) is 93.0 Å². The highest BCUT2D eigenvalue weighted by molar-refractivity contribution is 8.00. The van der Waals surface area contributed by atoms with Crippen molar-refractivity contribution in [2.24, 2.45) is 17.8 Å². The van der Waals surface area contributed by atoms with E-state index in [9.17, 15) is 14.4 Å². The smallest absolute Gasteiger partial charge is 0.315 e. The lowest BCUT2D eigenvalue weighted by Gasteiger charge is -2.25. The summed E-state index contributed by atoms with van der Waals surface area (Å²) < 4.78 is 8.32. The second-order valence-electron chi connectivity index (χ2n) is 14.7. The van der Waals surface area contributed by atoms with E-state index in [1.54, 1.807) is 12.3 Å². The van der Waals surface area contributed by atoms with Gasteiger partial charge in [-0.2, -0.15) is 16.7 Å². The Morgan fingerprint density at radius 3 is 2.68 bits per heavy atom. The SMILES string of the molecule is CCC(CNC(=O)CCCCC1SCC2NC(=O)NC21)CC(CC)Oc1ccc(Nc2ncc3ccc(=O)n(C4CC5CCC4C5)c3n2)cc1. The van der Waals surface area contributed by atoms with Crippen LogP contribution in [-0.4, -0.2) is 62.2 Å². The maximum Gasteiger partial charge on any atom is 0.315 e. The van der Waals surface area contributed by atoms with Gasteiger partial charge in [-0.3, -0.25) is 14.2 Å². The van der Waals surface area contributed by atoms with Gasteiger partial charge < -0.3 is 26.0 Å². The Kier molecular flexibility index (Phi) is 10.8. The molecule has 2 aliphatic carbocycles. The summed E-state index contributed by atoms with van der Waals surface area (Å²) in [7, 11) is 0. The fourth-order valence-electron chi connectivity index (χ4n) is 8.57. The van der Waals surface area contributed by atoms with Crippen molar-refractivity contribution >= 4 is 46.4 Å². The summed E-state index contributed by atoms with van der Waals surface area (Å²) in [4.78, 5) is 46.6. The van der Waals surface area contributed by atoms with Crippen molar-refractivity contribution in [3.63, 3.8) is 0 Å². The molecule has 3 amide bonds. The lowest BCUT2D eigenvalue weighted by Crippen LogP contribution is -2.36. The van der Waals surface area contributed by atoms with E-state index in [4.69, 9.17) is 9.72 Å². The molecule has 0 radical (unpaired) electrons. The summed E-state index contributed by atoms with van der Waals surface area (Å²) in [6.07, 6.45) is 12.7. The zero-order valence-electron chi connectivity index (χ0n) is 29.2. The van der Waals surface area contributed by atoms with Gasteiger partial charge in [-0.25, -0.2) is 9.78 Å². The number of hydrogen-bond acceptors (Lipinski definition) is 8. The number of urea groups is 1. The zero-order valence-corrected chi connectivity index (χ0v) is 30.1. The average molecular weight is 702 g/mol. The number of thioether (sulfide) groups is 1. The number of nitrogens with zero attached hydrogens (tertiary/aromatic N) is 3. The molecule has 50 heavy (non-hydrogen) atoms. The molecule has 2 bridgehead atoms. The lowest BCUT2D eigenvalue weighted by atomic mass is 9.95. The van der Waals surface area contributed by atoms with Gasteiger partial charge in [-0.1, -0.05) is 33.1 Å². The molecule has 12 heteroatoms. The van der Waals surface area contributed by atoms with Crippen LogP contribution in [0.4, 0.5) is 16.4 Å². The summed E-state index contributed by atoms with van der Waals surface area (Å²) in [5, 5.41) is 13.8. The third-order valence-corrected chi connectivity index (χ3v) is 12.9. The first kappa shape index (κ1) is 34.6. The molecule has 2 aliphatic heterocycles. The van der Waals surface area contributed by atoms with Crippen molar-refractivity contribution in [3.05, 3.63) is 52.9 Å². The minimum atomic E-state index is -0.0518. The number of nitrogens with one attached hydrogen (secondary N) is 4. The van der Waals surface area contributed by atoms with Crippen molar-refractivity contribution in [1.82, 2.24) is 30.5 Å². The predicted octanol–water partition coefficient (Wildman–Crippen LogP) is 6.31. The van der Waals surface area contributed by atoms with Crippen LogP contribution in [0, 0.1) is 17.8 Å². The van der Waals surface area contributed by atoms with E-state index < -0.39 is 0 Å². The lowest BCUT2D eigenvalue weighted by molar-refractivity contribution is -0.121. The number of aromatic nitrogens is 3. The van der Waals surface area contributed by atoms with Crippen LogP contribution >= 0.6 is 11.8 Å². The minimum Gasteiger partial charge on any atom is -0.490 e. The molecule has 11 nitrogen and oxygen atoms in total. The topological polar surface area (TPSA) is 139 Å². The monoisotopic (exact) mass is 701 g/mol. The van der Waals surface area contributed by atoms with Gasteiger partial charge in [0, 0.05) is 53.3 Å². The number of benzene rings is 1. The van der Waals surface area contributed by atoms with Crippen LogP contribution in [0.5, 0.6) is 5.75 Å². The molecule has 268 valence electrons. The second kappa shape index (κ2) is 15.6. The number of fused-ring (bicyclic) bond motifs is 4. The zero-order chi connectivity index (χ0) is 34.6. The number of ether oxygens (including phenoxy) is 1. The van der Waals surface area contributed by atoms with E-state index in [0.29, 0.717) is 41.6 Å². The number of rotatable bonds is 16. The molecule has 4 fully saturated rings. The molecule has 2 saturated heterocycles. The Balaban J connectivity index is 0.868. The largest absolute Gasteiger partial charge is 0.490 e. The summed E-state index contributed by atoms with van der Waals surface area (Å²) in [5.74, 6) is 3.96. The first-order valence-electron chi connectivity index (χ1n) is 18.7. The van der Waals surface area contributed by atoms with Gasteiger partial charge in [0.15, 0.2) is 0 Å². The Labute approximate surface area is 298 Å². The molecule has 1 aromatic carbocycles. The minimum absolute atomic E-state index is 0.0163. The predicted molar refractivity (Wildman–Crippen MR) is 198 cm³/mol. The highest BCUT2D eigenvalue weighted by Gasteiger charge is 2.43. The number of unbranched alkanes of at least 4 members (excludes halogenated alkanes) is 1. The Hall–Kier alpha value is -3.80. The standard InChI is InChI=1S/C38H51N7O4S/c1-3-23(20-39-33(46)8-6-5-7-32-35-30(22-50-32)42-38(48)43-35)18-28(4-2)49-29-14-12-27(13-15-29)41-37-40-21-26-11-16-34(47)45(36(26)44-37)31-19-24-9-10-25(31)17-24/h11-16,21,23-25,28,30-32,35H,3-10,17-20,22H2,1-2H3,(H,39,46)(H,40,41,44)(H2,42,43,48). The normalized spacial score (nSPS) is 26.3. The van der Waals surface area contributed by atoms with Gasteiger partial charge in [0.2, 0.25) is 11.9 Å². The number of amides is 3. The molecule has 3 aromatic rings. The van der Waals surface area contributed by atoms with Gasteiger partial charge >= 0.3 is 6.03 Å². The van der Waals surface area contributed by atoms with E-state index in [-0.39, 0.29) is 41.7 Å². The third kappa shape index (κ3) is 7.90. The average Bonchev–Trinajstić information content (AvgIpc) is 3.92. The Bertz CT molecular complexity index is 1720. The maximum atomic E-state index is 13.0. The van der Waals surface area contributed by atoms with Crippen molar-refractivity contribution in [1.29, 1.82) is 0 Å². The first-order valence-corrected chi connectivity index (χ1v) is 19.8. The first-order chi connectivity index (χ1) is 24.4. The van der Waals surface area contributed by atoms with E-state index in [2.05, 4.69) is 40.1 Å². The van der Waals surface area contributed by atoms with Crippen molar-refractivity contribution in [2.45, 2.75) is 114 Å². The fourth-order valence-corrected chi connectivity index (χ4v) is 10.1. The van der Waals surface area contributed by atoms with Gasteiger partial charge in [-0.15, -0.1) is 0 Å². The molecule has 4 aliphatic rings. The number of anilines is 2.